The first-order valence-corrected chi connectivity index (χ1v) is 38.5. The molecule has 0 fully saturated rings. The van der Waals surface area contributed by atoms with E-state index in [-0.39, 0.29) is 69.6 Å². The highest BCUT2D eigenvalue weighted by molar-refractivity contribution is 6.00. The predicted molar refractivity (Wildman–Crippen MR) is 427 cm³/mol. The number of rotatable bonds is 50. The summed E-state index contributed by atoms with van der Waals surface area (Å²) in [7, 11) is 0. The van der Waals surface area contributed by atoms with E-state index >= 15 is 0 Å². The summed E-state index contributed by atoms with van der Waals surface area (Å²) >= 11 is 0. The number of aliphatic carboxylic acids is 2. The molecule has 0 bridgehead atoms. The van der Waals surface area contributed by atoms with E-state index in [9.17, 15) is 92.3 Å². The lowest BCUT2D eigenvalue weighted by atomic mass is 9.95. The predicted octanol–water partition coefficient (Wildman–Crippen LogP) is -0.624. The van der Waals surface area contributed by atoms with Crippen LogP contribution in [0.25, 0.3) is 0 Å². The fraction of sp³-hybridized carbons (Fsp3) is 0.451. The number of aliphatic hydroxyl groups is 1. The van der Waals surface area contributed by atoms with Crippen LogP contribution in [0.3, 0.4) is 0 Å². The van der Waals surface area contributed by atoms with Crippen LogP contribution in [0, 0.1) is 17.8 Å². The number of primary amides is 1. The lowest BCUT2D eigenvalue weighted by Crippen LogP contribution is -2.62. The zero-order valence-electron chi connectivity index (χ0n) is 66.0. The van der Waals surface area contributed by atoms with Crippen LogP contribution < -0.4 is 81.0 Å². The van der Waals surface area contributed by atoms with Crippen LogP contribution in [-0.4, -0.2) is 201 Å². The van der Waals surface area contributed by atoms with Crippen molar-refractivity contribution >= 4 is 88.7 Å². The smallest absolute Gasteiger partial charge is 0.326 e. The Morgan fingerprint density at radius 1 is 0.371 bits per heavy atom. The van der Waals surface area contributed by atoms with Crippen molar-refractivity contribution in [3.63, 3.8) is 0 Å². The van der Waals surface area contributed by atoms with Crippen molar-refractivity contribution in [1.82, 2.24) is 63.8 Å². The normalized spacial score (nSPS) is 14.5. The lowest BCUT2D eigenvalue weighted by molar-refractivity contribution is -0.143. The van der Waals surface area contributed by atoms with Crippen LogP contribution in [0.2, 0.25) is 0 Å². The van der Waals surface area contributed by atoms with E-state index in [0.717, 1.165) is 0 Å². The van der Waals surface area contributed by atoms with E-state index in [4.69, 9.17) is 17.2 Å². The lowest BCUT2D eigenvalue weighted by Gasteiger charge is -2.31. The summed E-state index contributed by atoms with van der Waals surface area (Å²) in [6, 6.07) is 21.4. The van der Waals surface area contributed by atoms with Gasteiger partial charge in [0.2, 0.25) is 76.8 Å². The Kier molecular flexibility index (Phi) is 39.7. The van der Waals surface area contributed by atoms with Gasteiger partial charge in [0, 0.05) is 44.9 Å². The first-order valence-electron chi connectivity index (χ1n) is 38.5. The second-order valence-electron chi connectivity index (χ2n) is 29.1. The Morgan fingerprint density at radius 3 is 1.11 bits per heavy atom. The maximum absolute atomic E-state index is 14.9. The molecule has 34 heteroatoms. The van der Waals surface area contributed by atoms with Gasteiger partial charge in [0.25, 0.3) is 0 Å². The highest BCUT2D eigenvalue weighted by Crippen LogP contribution is 2.18. The maximum atomic E-state index is 14.9. The van der Waals surface area contributed by atoms with E-state index in [2.05, 4.69) is 63.8 Å². The minimum Gasteiger partial charge on any atom is -0.508 e. The minimum absolute atomic E-state index is 0.0170. The van der Waals surface area contributed by atoms with Crippen molar-refractivity contribution in [3.05, 3.63) is 173 Å². The molecule has 0 unspecified atom stereocenters. The van der Waals surface area contributed by atoms with Gasteiger partial charge >= 0.3 is 11.9 Å². The molecule has 628 valence electrons. The monoisotopic (exact) mass is 1610 g/mol. The molecule has 5 aromatic carbocycles. The standard InChI is InChI=1S/C82H111N15O19/c1-7-49(6)70(97-80(113)69(48(4)5)96-77(110)62(43-54-31-33-55(99)34-32-54)93-78(111)64(46-98)87-66(101)45-86-71(104)59(40-50-22-12-8-13-23-50)94-79(112)68(85)47(2)3)81(114)90-57(35-37-65(84)100)73(106)88-56(30-20-21-39-83)72(105)91-61(42-52-26-16-10-17-27-52)76(109)92-60(41-51-24-14-9-15-25-51)75(108)89-58(36-38-67(102)103)74(107)95-63(82(115)116)44-53-28-18-11-19-29-53/h8-19,22-29,31-34,47-49,56-64,68-70,98-99H,7,20-21,30,35-46,83,85H2,1-6H3,(H2,84,100)(H,86,104)(H,87,101)(H,88,106)(H,89,108)(H,90,114)(H,91,105)(H,92,109)(H,93,111)(H,94,112)(H,95,107)(H,96,110)(H,97,113)(H,102,103)(H,115,116)/t49-,56-,57-,58-,59-,60-,61-,62-,63-,64-,68-,69-,70-/m0/s1. The Hall–Kier alpha value is -12.2. The number of carboxylic acid groups (broad SMARTS) is 2. The molecule has 0 aliphatic rings. The number of carbonyl (C=O) groups excluding carboxylic acids is 13. The van der Waals surface area contributed by atoms with E-state index in [1.54, 1.807) is 163 Å². The fourth-order valence-corrected chi connectivity index (χ4v) is 12.1. The molecule has 0 heterocycles. The van der Waals surface area contributed by atoms with Gasteiger partial charge in [0.05, 0.1) is 19.2 Å². The topological polar surface area (TPSA) is 559 Å². The number of amides is 13. The number of unbranched alkanes of at least 4 members (excludes halogenated alkanes) is 1. The number of phenolic OH excluding ortho intramolecular Hbond substituents is 1. The van der Waals surface area contributed by atoms with E-state index in [0.29, 0.717) is 34.2 Å². The second-order valence-corrected chi connectivity index (χ2v) is 29.1. The van der Waals surface area contributed by atoms with Crippen LogP contribution in [0.1, 0.15) is 121 Å². The molecule has 0 spiro atoms. The van der Waals surface area contributed by atoms with Gasteiger partial charge in [-0.05, 0) is 96.4 Å². The Morgan fingerprint density at radius 2 is 0.716 bits per heavy atom. The molecule has 0 saturated carbocycles. The summed E-state index contributed by atoms with van der Waals surface area (Å²) in [6.45, 7) is 8.27. The SMILES string of the molecule is CC[C@H](C)[C@H](NC(=O)[C@@H](NC(=O)[C@H](Cc1ccc(O)cc1)NC(=O)[C@H](CO)NC(=O)CNC(=O)[C@H](Cc1ccccc1)NC(=O)[C@@H](N)C(C)C)C(C)C)C(=O)N[C@@H](CCC(N)=O)C(=O)N[C@@H](CCCCN)C(=O)N[C@@H](Cc1ccccc1)C(=O)N[C@@H](Cc1ccccc1)C(=O)N[C@@H](CCC(=O)O)C(=O)N[C@@H](Cc1ccccc1)C(=O)O. The third-order valence-corrected chi connectivity index (χ3v) is 19.1. The molecule has 0 aliphatic carbocycles. The number of hydrogen-bond acceptors (Lipinski definition) is 19. The molecule has 0 saturated heterocycles. The first-order chi connectivity index (χ1) is 55.2. The summed E-state index contributed by atoms with van der Waals surface area (Å²) in [4.78, 5) is 208. The molecule has 5 rings (SSSR count). The molecule has 0 aliphatic heterocycles. The van der Waals surface area contributed by atoms with Gasteiger partial charge in [-0.15, -0.1) is 0 Å². The third kappa shape index (κ3) is 32.7. The highest BCUT2D eigenvalue weighted by Gasteiger charge is 2.39. The first kappa shape index (κ1) is 94.4. The molecule has 116 heavy (non-hydrogen) atoms. The van der Waals surface area contributed by atoms with Crippen molar-refractivity contribution in [2.24, 2.45) is 35.0 Å². The molecular weight excluding hydrogens is 1500 g/mol. The quantitative estimate of drug-likeness (QED) is 0.0216. The van der Waals surface area contributed by atoms with Gasteiger partial charge in [-0.1, -0.05) is 181 Å². The van der Waals surface area contributed by atoms with Crippen LogP contribution >= 0.6 is 0 Å². The maximum Gasteiger partial charge on any atom is 0.326 e. The Bertz CT molecular complexity index is 4090. The summed E-state index contributed by atoms with van der Waals surface area (Å²) < 4.78 is 0. The molecule has 13 atom stereocenters. The van der Waals surface area contributed by atoms with E-state index in [1.807, 2.05) is 0 Å². The summed E-state index contributed by atoms with van der Waals surface area (Å²) in [6.07, 6.45) is -2.39. The Balaban J connectivity index is 1.37. The Labute approximate surface area is 673 Å². The van der Waals surface area contributed by atoms with Crippen LogP contribution in [-0.2, 0) is 104 Å². The molecule has 0 radical (unpaired) electrons. The third-order valence-electron chi connectivity index (χ3n) is 19.1. The molecular formula is C82H111N15O19. The minimum atomic E-state index is -1.74. The van der Waals surface area contributed by atoms with Gasteiger partial charge in [0.15, 0.2) is 0 Å². The van der Waals surface area contributed by atoms with Gasteiger partial charge in [-0.2, -0.15) is 0 Å². The largest absolute Gasteiger partial charge is 0.508 e. The number of aliphatic hydroxyl groups excluding tert-OH is 1. The second kappa shape index (κ2) is 48.8. The number of hydrogen-bond donors (Lipinski definition) is 19. The molecule has 13 amide bonds. The summed E-state index contributed by atoms with van der Waals surface area (Å²) in [5.74, 6) is -16.8. The number of carbonyl (C=O) groups is 15. The number of nitrogens with two attached hydrogens (primary N) is 3. The fourth-order valence-electron chi connectivity index (χ4n) is 12.1. The molecule has 0 aromatic heterocycles. The molecule has 5 aromatic rings. The zero-order chi connectivity index (χ0) is 85.6. The number of phenols is 1. The van der Waals surface area contributed by atoms with Gasteiger partial charge < -0.3 is 101 Å². The van der Waals surface area contributed by atoms with E-state index in [1.165, 1.54) is 24.3 Å². The van der Waals surface area contributed by atoms with E-state index < -0.39 is 212 Å². The average Bonchev–Trinajstić information content (AvgIpc) is 0.844. The van der Waals surface area contributed by atoms with Crippen molar-refractivity contribution in [2.45, 2.75) is 198 Å². The van der Waals surface area contributed by atoms with Crippen molar-refractivity contribution in [1.29, 1.82) is 0 Å². The summed E-state index contributed by atoms with van der Waals surface area (Å²) in [5.41, 5.74) is 20.2. The zero-order valence-corrected chi connectivity index (χ0v) is 66.0. The van der Waals surface area contributed by atoms with Crippen LogP contribution in [0.5, 0.6) is 5.75 Å². The van der Waals surface area contributed by atoms with Gasteiger partial charge in [-0.3, -0.25) is 67.1 Å². The van der Waals surface area contributed by atoms with Gasteiger partial charge in [-0.25, -0.2) is 4.79 Å². The highest BCUT2D eigenvalue weighted by atomic mass is 16.4. The molecule has 34 nitrogen and oxygen atoms in total. The summed E-state index contributed by atoms with van der Waals surface area (Å²) in [5, 5.41) is 71.2. The van der Waals surface area contributed by atoms with Crippen molar-refractivity contribution < 1.29 is 92.3 Å². The average molecular weight is 1610 g/mol. The van der Waals surface area contributed by atoms with Crippen LogP contribution in [0.15, 0.2) is 146 Å². The van der Waals surface area contributed by atoms with Crippen LogP contribution in [0.4, 0.5) is 0 Å². The molecule has 22 N–H and O–H groups in total. The van der Waals surface area contributed by atoms with Crippen molar-refractivity contribution in [2.75, 3.05) is 19.7 Å². The number of benzene rings is 5. The van der Waals surface area contributed by atoms with Crippen molar-refractivity contribution in [3.8, 4) is 5.75 Å². The number of aromatic hydroxyl groups is 1. The number of carboxylic acids is 2. The van der Waals surface area contributed by atoms with Gasteiger partial charge in [0.1, 0.15) is 72.2 Å². The number of nitrogens with one attached hydrogen (secondary N) is 12.